The Morgan fingerprint density at radius 2 is 2.00 bits per heavy atom. The molecule has 0 saturated carbocycles. The standard InChI is InChI=1S/C19H28N4/c1-4-22-14-20-12-18(22)13-21-17-8-10-23(11-9-17)19-7-5-6-15(2)16(19)3/h5-7,12,14,17,21H,4,8-11,13H2,1-3H3. The van der Waals surface area contributed by atoms with E-state index in [-0.39, 0.29) is 0 Å². The van der Waals surface area contributed by atoms with Crippen molar-refractivity contribution in [3.8, 4) is 0 Å². The molecule has 0 atom stereocenters. The van der Waals surface area contributed by atoms with E-state index in [1.54, 1.807) is 0 Å². The van der Waals surface area contributed by atoms with Crippen molar-refractivity contribution < 1.29 is 0 Å². The van der Waals surface area contributed by atoms with Gasteiger partial charge in [-0.1, -0.05) is 12.1 Å². The maximum Gasteiger partial charge on any atom is 0.0948 e. The van der Waals surface area contributed by atoms with Crippen LogP contribution in [0, 0.1) is 13.8 Å². The Hall–Kier alpha value is -1.81. The van der Waals surface area contributed by atoms with E-state index in [1.807, 2.05) is 12.5 Å². The van der Waals surface area contributed by atoms with Gasteiger partial charge < -0.3 is 14.8 Å². The normalized spacial score (nSPS) is 16.0. The average Bonchev–Trinajstić information content (AvgIpc) is 3.04. The SMILES string of the molecule is CCn1cncc1CNC1CCN(c2cccc(C)c2C)CC1. The first kappa shape index (κ1) is 16.1. The van der Waals surface area contributed by atoms with E-state index in [4.69, 9.17) is 0 Å². The number of nitrogens with one attached hydrogen (secondary N) is 1. The summed E-state index contributed by atoms with van der Waals surface area (Å²) in [5, 5.41) is 3.71. The van der Waals surface area contributed by atoms with Gasteiger partial charge in [-0.3, -0.25) is 0 Å². The molecule has 1 aliphatic heterocycles. The van der Waals surface area contributed by atoms with E-state index in [1.165, 1.54) is 35.3 Å². The van der Waals surface area contributed by atoms with Gasteiger partial charge in [0.2, 0.25) is 0 Å². The number of aromatic nitrogens is 2. The summed E-state index contributed by atoms with van der Waals surface area (Å²) >= 11 is 0. The summed E-state index contributed by atoms with van der Waals surface area (Å²) in [4.78, 5) is 6.78. The number of piperidine rings is 1. The third kappa shape index (κ3) is 3.58. The van der Waals surface area contributed by atoms with Crippen LogP contribution in [-0.4, -0.2) is 28.7 Å². The molecule has 2 heterocycles. The summed E-state index contributed by atoms with van der Waals surface area (Å²) in [6.45, 7) is 10.8. The molecule has 1 aromatic heterocycles. The maximum atomic E-state index is 4.24. The van der Waals surface area contributed by atoms with Crippen molar-refractivity contribution >= 4 is 5.69 Å². The van der Waals surface area contributed by atoms with Gasteiger partial charge in [-0.2, -0.15) is 0 Å². The van der Waals surface area contributed by atoms with Crippen LogP contribution in [-0.2, 0) is 13.1 Å². The van der Waals surface area contributed by atoms with Gasteiger partial charge >= 0.3 is 0 Å². The average molecular weight is 312 g/mol. The van der Waals surface area contributed by atoms with E-state index < -0.39 is 0 Å². The molecule has 1 N–H and O–H groups in total. The fourth-order valence-electron chi connectivity index (χ4n) is 3.43. The molecule has 0 bridgehead atoms. The Kier molecular flexibility index (Phi) is 5.01. The van der Waals surface area contributed by atoms with Crippen molar-refractivity contribution in [2.24, 2.45) is 0 Å². The van der Waals surface area contributed by atoms with Crippen LogP contribution in [0.2, 0.25) is 0 Å². The topological polar surface area (TPSA) is 33.1 Å². The molecule has 4 nitrogen and oxygen atoms in total. The van der Waals surface area contributed by atoms with Crippen LogP contribution in [0.25, 0.3) is 0 Å². The number of hydrogen-bond donors (Lipinski definition) is 1. The first-order valence-corrected chi connectivity index (χ1v) is 8.72. The third-order valence-electron chi connectivity index (χ3n) is 5.12. The van der Waals surface area contributed by atoms with E-state index in [9.17, 15) is 0 Å². The van der Waals surface area contributed by atoms with Gasteiger partial charge in [-0.05, 0) is 50.8 Å². The summed E-state index contributed by atoms with van der Waals surface area (Å²) in [6, 6.07) is 7.24. The highest BCUT2D eigenvalue weighted by Crippen LogP contribution is 2.25. The lowest BCUT2D eigenvalue weighted by atomic mass is 10.0. The van der Waals surface area contributed by atoms with Crippen LogP contribution in [0.1, 0.15) is 36.6 Å². The van der Waals surface area contributed by atoms with Gasteiger partial charge in [0.15, 0.2) is 0 Å². The van der Waals surface area contributed by atoms with Crippen LogP contribution in [0.3, 0.4) is 0 Å². The predicted octanol–water partition coefficient (Wildman–Crippen LogP) is 3.28. The highest BCUT2D eigenvalue weighted by atomic mass is 15.2. The van der Waals surface area contributed by atoms with Crippen molar-refractivity contribution in [2.45, 2.75) is 52.7 Å². The number of rotatable bonds is 5. The van der Waals surface area contributed by atoms with Gasteiger partial charge in [0.1, 0.15) is 0 Å². The molecule has 23 heavy (non-hydrogen) atoms. The number of aryl methyl sites for hydroxylation is 2. The summed E-state index contributed by atoms with van der Waals surface area (Å²) < 4.78 is 2.21. The lowest BCUT2D eigenvalue weighted by Gasteiger charge is -2.35. The van der Waals surface area contributed by atoms with Crippen LogP contribution in [0.4, 0.5) is 5.69 Å². The Morgan fingerprint density at radius 3 is 2.74 bits per heavy atom. The molecule has 0 radical (unpaired) electrons. The zero-order chi connectivity index (χ0) is 16.2. The highest BCUT2D eigenvalue weighted by Gasteiger charge is 2.20. The number of hydrogen-bond acceptors (Lipinski definition) is 3. The molecular formula is C19H28N4. The largest absolute Gasteiger partial charge is 0.371 e. The predicted molar refractivity (Wildman–Crippen MR) is 95.9 cm³/mol. The van der Waals surface area contributed by atoms with E-state index in [0.29, 0.717) is 6.04 Å². The number of imidazole rings is 1. The van der Waals surface area contributed by atoms with Gasteiger partial charge in [-0.15, -0.1) is 0 Å². The van der Waals surface area contributed by atoms with Crippen molar-refractivity contribution in [2.75, 3.05) is 18.0 Å². The molecule has 1 aliphatic rings. The van der Waals surface area contributed by atoms with Crippen molar-refractivity contribution in [1.29, 1.82) is 0 Å². The first-order chi connectivity index (χ1) is 11.2. The molecule has 1 aromatic carbocycles. The Bertz CT molecular complexity index is 639. The third-order valence-corrected chi connectivity index (χ3v) is 5.12. The lowest BCUT2D eigenvalue weighted by Crippen LogP contribution is -2.42. The van der Waals surface area contributed by atoms with Crippen molar-refractivity contribution in [1.82, 2.24) is 14.9 Å². The molecule has 3 rings (SSSR count). The van der Waals surface area contributed by atoms with Crippen LogP contribution in [0.5, 0.6) is 0 Å². The van der Waals surface area contributed by atoms with Gasteiger partial charge in [0.05, 0.1) is 12.0 Å². The Morgan fingerprint density at radius 1 is 1.22 bits per heavy atom. The van der Waals surface area contributed by atoms with Crippen molar-refractivity contribution in [3.63, 3.8) is 0 Å². The summed E-state index contributed by atoms with van der Waals surface area (Å²) in [7, 11) is 0. The van der Waals surface area contributed by atoms with E-state index >= 15 is 0 Å². The maximum absolute atomic E-state index is 4.24. The molecule has 1 saturated heterocycles. The zero-order valence-corrected chi connectivity index (χ0v) is 14.5. The molecule has 4 heteroatoms. The molecule has 0 spiro atoms. The lowest BCUT2D eigenvalue weighted by molar-refractivity contribution is 0.408. The number of nitrogens with zero attached hydrogens (tertiary/aromatic N) is 3. The Balaban J connectivity index is 1.53. The van der Waals surface area contributed by atoms with E-state index in [0.717, 1.165) is 26.2 Å². The minimum absolute atomic E-state index is 0.608. The molecule has 1 fully saturated rings. The molecule has 124 valence electrons. The quantitative estimate of drug-likeness (QED) is 0.920. The first-order valence-electron chi connectivity index (χ1n) is 8.72. The van der Waals surface area contributed by atoms with Gasteiger partial charge in [0.25, 0.3) is 0 Å². The molecule has 0 unspecified atom stereocenters. The number of benzene rings is 1. The second-order valence-corrected chi connectivity index (χ2v) is 6.53. The smallest absolute Gasteiger partial charge is 0.0948 e. The minimum atomic E-state index is 0.608. The molecule has 0 amide bonds. The number of anilines is 1. The van der Waals surface area contributed by atoms with Gasteiger partial charge in [0, 0.05) is 44.1 Å². The fraction of sp³-hybridized carbons (Fsp3) is 0.526. The minimum Gasteiger partial charge on any atom is -0.371 e. The van der Waals surface area contributed by atoms with Gasteiger partial charge in [-0.25, -0.2) is 4.98 Å². The molecule has 0 aliphatic carbocycles. The fourth-order valence-corrected chi connectivity index (χ4v) is 3.43. The highest BCUT2D eigenvalue weighted by molar-refractivity contribution is 5.56. The second kappa shape index (κ2) is 7.18. The van der Waals surface area contributed by atoms with Crippen molar-refractivity contribution in [3.05, 3.63) is 47.5 Å². The van der Waals surface area contributed by atoms with E-state index in [2.05, 4.69) is 58.7 Å². The van der Waals surface area contributed by atoms with Crippen LogP contribution in [0.15, 0.2) is 30.7 Å². The summed E-state index contributed by atoms with van der Waals surface area (Å²) in [5.74, 6) is 0. The monoisotopic (exact) mass is 312 g/mol. The summed E-state index contributed by atoms with van der Waals surface area (Å²) in [6.07, 6.45) is 6.29. The molecular weight excluding hydrogens is 284 g/mol. The second-order valence-electron chi connectivity index (χ2n) is 6.53. The summed E-state index contributed by atoms with van der Waals surface area (Å²) in [5.41, 5.74) is 5.50. The molecule has 2 aromatic rings. The van der Waals surface area contributed by atoms with Crippen LogP contribution < -0.4 is 10.2 Å². The van der Waals surface area contributed by atoms with Crippen LogP contribution >= 0.6 is 0 Å². The Labute approximate surface area is 139 Å². The zero-order valence-electron chi connectivity index (χ0n) is 14.5.